The van der Waals surface area contributed by atoms with E-state index in [4.69, 9.17) is 14.2 Å². The van der Waals surface area contributed by atoms with E-state index in [1.807, 2.05) is 25.1 Å². The van der Waals surface area contributed by atoms with Crippen LogP contribution in [0.4, 0.5) is 10.5 Å². The van der Waals surface area contributed by atoms with Crippen molar-refractivity contribution in [3.63, 3.8) is 0 Å². The molecule has 2 rings (SSSR count). The van der Waals surface area contributed by atoms with Gasteiger partial charge in [-0.25, -0.2) is 9.59 Å². The van der Waals surface area contributed by atoms with Gasteiger partial charge in [0.25, 0.3) is 0 Å². The van der Waals surface area contributed by atoms with Gasteiger partial charge in [0.1, 0.15) is 0 Å². The SMILES string of the molecule is CCOc1ccc(CCNC(=O)Nc2ccccc2C(=O)OC)cc1OC. The van der Waals surface area contributed by atoms with E-state index in [0.717, 1.165) is 5.56 Å². The number of methoxy groups -OCH3 is 2. The number of amides is 2. The maximum atomic E-state index is 12.1. The van der Waals surface area contributed by atoms with Gasteiger partial charge in [-0.1, -0.05) is 18.2 Å². The summed E-state index contributed by atoms with van der Waals surface area (Å²) in [5.74, 6) is 0.840. The molecular weight excluding hydrogens is 348 g/mol. The lowest BCUT2D eigenvalue weighted by Crippen LogP contribution is -2.31. The topological polar surface area (TPSA) is 85.9 Å². The molecule has 7 nitrogen and oxygen atoms in total. The fourth-order valence-corrected chi connectivity index (χ4v) is 2.51. The molecule has 0 saturated carbocycles. The van der Waals surface area contributed by atoms with Gasteiger partial charge in [0.15, 0.2) is 11.5 Å². The molecule has 0 heterocycles. The van der Waals surface area contributed by atoms with E-state index in [0.29, 0.717) is 42.3 Å². The molecule has 27 heavy (non-hydrogen) atoms. The third-order valence-corrected chi connectivity index (χ3v) is 3.81. The second-order valence-electron chi connectivity index (χ2n) is 5.59. The van der Waals surface area contributed by atoms with Crippen LogP contribution in [0.5, 0.6) is 11.5 Å². The zero-order chi connectivity index (χ0) is 19.6. The van der Waals surface area contributed by atoms with Crippen LogP contribution in [0.1, 0.15) is 22.8 Å². The van der Waals surface area contributed by atoms with Gasteiger partial charge >= 0.3 is 12.0 Å². The summed E-state index contributed by atoms with van der Waals surface area (Å²) in [6.45, 7) is 2.89. The van der Waals surface area contributed by atoms with Gasteiger partial charge in [-0.15, -0.1) is 0 Å². The number of benzene rings is 2. The molecule has 0 radical (unpaired) electrons. The van der Waals surface area contributed by atoms with Crippen LogP contribution < -0.4 is 20.1 Å². The minimum atomic E-state index is -0.507. The number of hydrogen-bond donors (Lipinski definition) is 2. The van der Waals surface area contributed by atoms with Crippen LogP contribution in [0.15, 0.2) is 42.5 Å². The highest BCUT2D eigenvalue weighted by atomic mass is 16.5. The number of hydrogen-bond acceptors (Lipinski definition) is 5. The van der Waals surface area contributed by atoms with Gasteiger partial charge < -0.3 is 24.8 Å². The van der Waals surface area contributed by atoms with Gasteiger partial charge in [0, 0.05) is 6.54 Å². The van der Waals surface area contributed by atoms with Crippen molar-refractivity contribution >= 4 is 17.7 Å². The van der Waals surface area contributed by atoms with Crippen molar-refractivity contribution in [2.75, 3.05) is 32.7 Å². The third kappa shape index (κ3) is 5.64. The maximum absolute atomic E-state index is 12.1. The number of carbonyl (C=O) groups is 2. The molecule has 0 aliphatic carbocycles. The number of urea groups is 1. The molecule has 7 heteroatoms. The fraction of sp³-hybridized carbons (Fsp3) is 0.300. The van der Waals surface area contributed by atoms with E-state index >= 15 is 0 Å². The smallest absolute Gasteiger partial charge is 0.339 e. The molecule has 0 fully saturated rings. The van der Waals surface area contributed by atoms with Crippen LogP contribution in [0.2, 0.25) is 0 Å². The van der Waals surface area contributed by atoms with Crippen molar-refractivity contribution in [1.82, 2.24) is 5.32 Å². The van der Waals surface area contributed by atoms with Gasteiger partial charge in [0.05, 0.1) is 32.1 Å². The Balaban J connectivity index is 1.91. The summed E-state index contributed by atoms with van der Waals surface area (Å²) in [6, 6.07) is 11.9. The van der Waals surface area contributed by atoms with Crippen LogP contribution in [-0.2, 0) is 11.2 Å². The average Bonchev–Trinajstić information content (AvgIpc) is 2.69. The molecule has 0 unspecified atom stereocenters. The predicted octanol–water partition coefficient (Wildman–Crippen LogP) is 3.24. The summed E-state index contributed by atoms with van der Waals surface area (Å²) in [6.07, 6.45) is 0.620. The Labute approximate surface area is 158 Å². The highest BCUT2D eigenvalue weighted by Gasteiger charge is 2.13. The number of ether oxygens (including phenoxy) is 3. The summed E-state index contributed by atoms with van der Waals surface area (Å²) in [7, 11) is 2.89. The Hall–Kier alpha value is -3.22. The molecule has 0 bridgehead atoms. The largest absolute Gasteiger partial charge is 0.493 e. The first-order chi connectivity index (χ1) is 13.1. The van der Waals surface area contributed by atoms with Crippen LogP contribution in [0.25, 0.3) is 0 Å². The molecule has 0 saturated heterocycles. The summed E-state index contributed by atoms with van der Waals surface area (Å²) in [5, 5.41) is 5.43. The first-order valence-electron chi connectivity index (χ1n) is 8.61. The molecule has 0 aromatic heterocycles. The molecule has 2 aromatic carbocycles. The standard InChI is InChI=1S/C20H24N2O5/c1-4-27-17-10-9-14(13-18(17)25-2)11-12-21-20(24)22-16-8-6-5-7-15(16)19(23)26-3/h5-10,13H,4,11-12H2,1-3H3,(H2,21,22,24). The molecule has 2 amide bonds. The van der Waals surface area contributed by atoms with E-state index in [1.54, 1.807) is 31.4 Å². The highest BCUT2D eigenvalue weighted by molar-refractivity contribution is 6.00. The van der Waals surface area contributed by atoms with Crippen molar-refractivity contribution in [2.24, 2.45) is 0 Å². The fourth-order valence-electron chi connectivity index (χ4n) is 2.51. The zero-order valence-electron chi connectivity index (χ0n) is 15.7. The quantitative estimate of drug-likeness (QED) is 0.695. The van der Waals surface area contributed by atoms with Gasteiger partial charge in [-0.05, 0) is 43.2 Å². The molecule has 0 aliphatic rings. The van der Waals surface area contributed by atoms with Gasteiger partial charge in [-0.2, -0.15) is 0 Å². The van der Waals surface area contributed by atoms with Gasteiger partial charge in [-0.3, -0.25) is 0 Å². The summed E-state index contributed by atoms with van der Waals surface area (Å²) in [4.78, 5) is 23.8. The Kier molecular flexibility index (Phi) is 7.49. The zero-order valence-corrected chi connectivity index (χ0v) is 15.7. The molecule has 0 atom stereocenters. The van der Waals surface area contributed by atoms with Crippen LogP contribution in [0, 0.1) is 0 Å². The summed E-state index contributed by atoms with van der Waals surface area (Å²) in [5.41, 5.74) is 1.70. The lowest BCUT2D eigenvalue weighted by Gasteiger charge is -2.12. The molecule has 0 aliphatic heterocycles. The number of nitrogens with one attached hydrogen (secondary N) is 2. The van der Waals surface area contributed by atoms with Crippen molar-refractivity contribution in [3.8, 4) is 11.5 Å². The van der Waals surface area contributed by atoms with E-state index in [1.165, 1.54) is 7.11 Å². The lowest BCUT2D eigenvalue weighted by molar-refractivity contribution is 0.0602. The minimum Gasteiger partial charge on any atom is -0.493 e. The summed E-state index contributed by atoms with van der Waals surface area (Å²) < 4.78 is 15.5. The number of anilines is 1. The second-order valence-corrected chi connectivity index (χ2v) is 5.59. The molecular formula is C20H24N2O5. The third-order valence-electron chi connectivity index (χ3n) is 3.81. The Morgan fingerprint density at radius 3 is 2.52 bits per heavy atom. The number of carbonyl (C=O) groups excluding carboxylic acids is 2. The first-order valence-corrected chi connectivity index (χ1v) is 8.61. The number of esters is 1. The van der Waals surface area contributed by atoms with Crippen LogP contribution in [0.3, 0.4) is 0 Å². The average molecular weight is 372 g/mol. The van der Waals surface area contributed by atoms with Crippen molar-refractivity contribution in [2.45, 2.75) is 13.3 Å². The Morgan fingerprint density at radius 1 is 1.04 bits per heavy atom. The van der Waals surface area contributed by atoms with E-state index in [2.05, 4.69) is 10.6 Å². The molecule has 144 valence electrons. The van der Waals surface area contributed by atoms with E-state index < -0.39 is 12.0 Å². The molecule has 0 spiro atoms. The van der Waals surface area contributed by atoms with E-state index in [-0.39, 0.29) is 0 Å². The van der Waals surface area contributed by atoms with Crippen molar-refractivity contribution < 1.29 is 23.8 Å². The Bertz CT molecular complexity index is 792. The second kappa shape index (κ2) is 10.1. The van der Waals surface area contributed by atoms with Gasteiger partial charge in [0.2, 0.25) is 0 Å². The lowest BCUT2D eigenvalue weighted by atomic mass is 10.1. The maximum Gasteiger partial charge on any atom is 0.339 e. The van der Waals surface area contributed by atoms with E-state index in [9.17, 15) is 9.59 Å². The van der Waals surface area contributed by atoms with Crippen molar-refractivity contribution in [1.29, 1.82) is 0 Å². The monoisotopic (exact) mass is 372 g/mol. The molecule has 2 aromatic rings. The highest BCUT2D eigenvalue weighted by Crippen LogP contribution is 2.28. The van der Waals surface area contributed by atoms with Crippen LogP contribution >= 0.6 is 0 Å². The Morgan fingerprint density at radius 2 is 1.81 bits per heavy atom. The minimum absolute atomic E-state index is 0.298. The number of rotatable bonds is 8. The molecule has 2 N–H and O–H groups in total. The van der Waals surface area contributed by atoms with Crippen molar-refractivity contribution in [3.05, 3.63) is 53.6 Å². The predicted molar refractivity (Wildman–Crippen MR) is 103 cm³/mol. The first kappa shape index (κ1) is 20.1. The van der Waals surface area contributed by atoms with Crippen LogP contribution in [-0.4, -0.2) is 39.4 Å². The number of para-hydroxylation sites is 1. The normalized spacial score (nSPS) is 10.0. The summed E-state index contributed by atoms with van der Waals surface area (Å²) >= 11 is 0.